The normalized spacial score (nSPS) is 11.0. The van der Waals surface area contributed by atoms with Gasteiger partial charge in [0.1, 0.15) is 11.6 Å². The van der Waals surface area contributed by atoms with Crippen LogP contribution < -0.4 is 20.7 Å². The summed E-state index contributed by atoms with van der Waals surface area (Å²) < 4.78 is 54.5. The van der Waals surface area contributed by atoms with Crippen molar-refractivity contribution >= 4 is 34.9 Å². The average molecular weight is 436 g/mol. The highest BCUT2D eigenvalue weighted by atomic mass is 35.5. The van der Waals surface area contributed by atoms with E-state index in [4.69, 9.17) is 16.7 Å². The van der Waals surface area contributed by atoms with Crippen LogP contribution in [0.1, 0.15) is 10.4 Å². The Balaban J connectivity index is 2.27. The van der Waals surface area contributed by atoms with Gasteiger partial charge in [-0.05, 0) is 30.3 Å². The van der Waals surface area contributed by atoms with Crippen LogP contribution in [0.4, 0.5) is 33.7 Å². The van der Waals surface area contributed by atoms with Gasteiger partial charge in [0.05, 0.1) is 17.9 Å². The van der Waals surface area contributed by atoms with Gasteiger partial charge in [-0.2, -0.15) is 0 Å². The number of nitrogens with one attached hydrogen (secondary N) is 3. The number of rotatable bonds is 6. The van der Waals surface area contributed by atoms with Gasteiger partial charge < -0.3 is 25.8 Å². The summed E-state index contributed by atoms with van der Waals surface area (Å²) in [6, 6.07) is 4.91. The van der Waals surface area contributed by atoms with E-state index >= 15 is 0 Å². The molecule has 12 heteroatoms. The molecule has 0 heterocycles. The Kier molecular flexibility index (Phi) is 7.23. The largest absolute Gasteiger partial charge is 0.573 e. The minimum absolute atomic E-state index is 0.00458. The molecule has 0 spiro atoms. The van der Waals surface area contributed by atoms with Crippen LogP contribution in [-0.2, 0) is 0 Å². The molecule has 0 aliphatic carbocycles. The molecule has 0 bridgehead atoms. The zero-order valence-corrected chi connectivity index (χ0v) is 15.2. The maximum Gasteiger partial charge on any atom is 0.573 e. The highest BCUT2D eigenvalue weighted by Crippen LogP contribution is 2.28. The Morgan fingerprint density at radius 3 is 2.45 bits per heavy atom. The molecule has 0 unspecified atom stereocenters. The molecule has 4 N–H and O–H groups in total. The average Bonchev–Trinajstić information content (AvgIpc) is 2.57. The number of aliphatic hydroxyl groups is 1. The van der Waals surface area contributed by atoms with Crippen molar-refractivity contribution in [1.82, 2.24) is 5.32 Å². The van der Waals surface area contributed by atoms with Crippen molar-refractivity contribution in [2.24, 2.45) is 0 Å². The first kappa shape index (κ1) is 22.2. The molecule has 2 aromatic carbocycles. The van der Waals surface area contributed by atoms with Crippen molar-refractivity contribution in [3.63, 3.8) is 0 Å². The molecule has 0 aliphatic rings. The molecule has 0 aliphatic heterocycles. The maximum atomic E-state index is 13.4. The molecule has 0 fully saturated rings. The lowest BCUT2D eigenvalue weighted by Gasteiger charge is -2.15. The fourth-order valence-electron chi connectivity index (χ4n) is 2.20. The van der Waals surface area contributed by atoms with Gasteiger partial charge in [-0.1, -0.05) is 11.6 Å². The number of aliphatic hydroxyl groups excluding tert-OH is 1. The smallest absolute Gasteiger partial charge is 0.406 e. The highest BCUT2D eigenvalue weighted by Gasteiger charge is 2.31. The van der Waals surface area contributed by atoms with Crippen LogP contribution in [-0.4, -0.2) is 36.6 Å². The van der Waals surface area contributed by atoms with Crippen molar-refractivity contribution in [2.75, 3.05) is 23.8 Å². The third-order valence-corrected chi connectivity index (χ3v) is 3.45. The molecular weight excluding hydrogens is 422 g/mol. The van der Waals surface area contributed by atoms with Crippen molar-refractivity contribution in [1.29, 1.82) is 0 Å². The lowest BCUT2D eigenvalue weighted by molar-refractivity contribution is -0.274. The number of amides is 3. The molecule has 29 heavy (non-hydrogen) atoms. The second kappa shape index (κ2) is 9.43. The molecule has 0 saturated carbocycles. The lowest BCUT2D eigenvalue weighted by Crippen LogP contribution is -2.28. The zero-order valence-electron chi connectivity index (χ0n) is 14.4. The van der Waals surface area contributed by atoms with Gasteiger partial charge in [-0.25, -0.2) is 9.18 Å². The van der Waals surface area contributed by atoms with E-state index in [2.05, 4.69) is 20.7 Å². The predicted octanol–water partition coefficient (Wildman–Crippen LogP) is 3.74. The standard InChI is InChI=1S/C17H14ClF4N3O4/c18-9-5-10(19)7-11(6-9)24-16(28)25-14-8-12(29-17(20,21)22)1-2-13(14)15(27)23-3-4-26/h1-2,5-8,26H,3-4H2,(H,23,27)(H2,24,25,28). The summed E-state index contributed by atoms with van der Waals surface area (Å²) in [5.41, 5.74) is -0.538. The van der Waals surface area contributed by atoms with Crippen LogP contribution in [0.25, 0.3) is 0 Å². The Morgan fingerprint density at radius 2 is 1.83 bits per heavy atom. The lowest BCUT2D eigenvalue weighted by atomic mass is 10.1. The molecule has 0 saturated heterocycles. The minimum Gasteiger partial charge on any atom is -0.406 e. The zero-order chi connectivity index (χ0) is 21.6. The highest BCUT2D eigenvalue weighted by molar-refractivity contribution is 6.31. The summed E-state index contributed by atoms with van der Waals surface area (Å²) in [5.74, 6) is -2.17. The van der Waals surface area contributed by atoms with Crippen molar-refractivity contribution in [3.8, 4) is 5.75 Å². The fraction of sp³-hybridized carbons (Fsp3) is 0.176. The minimum atomic E-state index is -4.99. The van der Waals surface area contributed by atoms with Crippen LogP contribution in [0.3, 0.4) is 0 Å². The summed E-state index contributed by atoms with van der Waals surface area (Å²) in [5, 5.41) is 15.5. The van der Waals surface area contributed by atoms with Gasteiger partial charge >= 0.3 is 12.4 Å². The van der Waals surface area contributed by atoms with Crippen LogP contribution in [0, 0.1) is 5.82 Å². The molecule has 0 aromatic heterocycles. The van der Waals surface area contributed by atoms with Gasteiger partial charge in [0, 0.05) is 23.3 Å². The number of carbonyl (C=O) groups is 2. The van der Waals surface area contributed by atoms with Crippen LogP contribution in [0.2, 0.25) is 5.02 Å². The molecule has 2 rings (SSSR count). The number of ether oxygens (including phenoxy) is 1. The van der Waals surface area contributed by atoms with E-state index in [-0.39, 0.29) is 35.1 Å². The molecule has 0 atom stereocenters. The van der Waals surface area contributed by atoms with Gasteiger partial charge in [0.2, 0.25) is 0 Å². The first-order valence-electron chi connectivity index (χ1n) is 7.90. The van der Waals surface area contributed by atoms with Gasteiger partial charge in [0.25, 0.3) is 5.91 Å². The molecule has 2 aromatic rings. The van der Waals surface area contributed by atoms with E-state index in [1.165, 1.54) is 6.07 Å². The number of carbonyl (C=O) groups excluding carboxylic acids is 2. The van der Waals surface area contributed by atoms with E-state index in [1.54, 1.807) is 0 Å². The summed E-state index contributed by atoms with van der Waals surface area (Å²) in [6.07, 6.45) is -4.99. The van der Waals surface area contributed by atoms with E-state index in [1.807, 2.05) is 0 Å². The first-order valence-corrected chi connectivity index (χ1v) is 8.28. The van der Waals surface area contributed by atoms with Gasteiger partial charge in [0.15, 0.2) is 0 Å². The monoisotopic (exact) mass is 435 g/mol. The molecule has 3 amide bonds. The van der Waals surface area contributed by atoms with E-state index in [9.17, 15) is 27.2 Å². The number of hydrogen-bond donors (Lipinski definition) is 4. The number of urea groups is 1. The first-order chi connectivity index (χ1) is 13.6. The Labute approximate surface area is 166 Å². The van der Waals surface area contributed by atoms with Crippen LogP contribution >= 0.6 is 11.6 Å². The third-order valence-electron chi connectivity index (χ3n) is 3.24. The van der Waals surface area contributed by atoms with Gasteiger partial charge in [-0.3, -0.25) is 4.79 Å². The molecule has 7 nitrogen and oxygen atoms in total. The molecular formula is C17H14ClF4N3O4. The van der Waals surface area contributed by atoms with E-state index < -0.39 is 29.9 Å². The topological polar surface area (TPSA) is 99.7 Å². The van der Waals surface area contributed by atoms with Crippen molar-refractivity contribution < 1.29 is 37.0 Å². The van der Waals surface area contributed by atoms with Crippen molar-refractivity contribution in [3.05, 3.63) is 52.8 Å². The number of benzene rings is 2. The summed E-state index contributed by atoms with van der Waals surface area (Å²) in [7, 11) is 0. The second-order valence-electron chi connectivity index (χ2n) is 5.47. The quantitative estimate of drug-likeness (QED) is 0.519. The number of anilines is 2. The van der Waals surface area contributed by atoms with Crippen LogP contribution in [0.5, 0.6) is 5.75 Å². The SMILES string of the molecule is O=C(Nc1cc(F)cc(Cl)c1)Nc1cc(OC(F)(F)F)ccc1C(=O)NCCO. The maximum absolute atomic E-state index is 13.4. The number of hydrogen-bond acceptors (Lipinski definition) is 4. The van der Waals surface area contributed by atoms with E-state index in [0.29, 0.717) is 0 Å². The van der Waals surface area contributed by atoms with E-state index in [0.717, 1.165) is 30.3 Å². The Bertz CT molecular complexity index is 888. The predicted molar refractivity (Wildman–Crippen MR) is 96.6 cm³/mol. The summed E-state index contributed by atoms with van der Waals surface area (Å²) >= 11 is 5.68. The third kappa shape index (κ3) is 7.12. The number of alkyl halides is 3. The number of halogens is 5. The second-order valence-corrected chi connectivity index (χ2v) is 5.91. The van der Waals surface area contributed by atoms with Crippen LogP contribution in [0.15, 0.2) is 36.4 Å². The summed E-state index contributed by atoms with van der Waals surface area (Å²) in [4.78, 5) is 24.3. The molecule has 0 radical (unpaired) electrons. The Morgan fingerprint density at radius 1 is 1.10 bits per heavy atom. The fourth-order valence-corrected chi connectivity index (χ4v) is 2.42. The Hall–Kier alpha value is -3.05. The van der Waals surface area contributed by atoms with Crippen molar-refractivity contribution in [2.45, 2.75) is 6.36 Å². The summed E-state index contributed by atoms with van der Waals surface area (Å²) in [6.45, 7) is -0.488. The molecule has 156 valence electrons. The van der Waals surface area contributed by atoms with Gasteiger partial charge in [-0.15, -0.1) is 13.2 Å².